The van der Waals surface area contributed by atoms with Gasteiger partial charge in [-0.05, 0) is 19.1 Å². The van der Waals surface area contributed by atoms with Gasteiger partial charge in [-0.2, -0.15) is 0 Å². The van der Waals surface area contributed by atoms with E-state index >= 15 is 0 Å². The van der Waals surface area contributed by atoms with E-state index in [1.54, 1.807) is 0 Å². The summed E-state index contributed by atoms with van der Waals surface area (Å²) < 4.78 is 0. The summed E-state index contributed by atoms with van der Waals surface area (Å²) in [5, 5.41) is 2.80. The van der Waals surface area contributed by atoms with Crippen molar-refractivity contribution in [1.82, 2.24) is 5.32 Å². The second-order valence-electron chi connectivity index (χ2n) is 2.19. The first-order chi connectivity index (χ1) is 5.24. The van der Waals surface area contributed by atoms with Crippen LogP contribution in [0.1, 0.15) is 6.92 Å². The maximum absolute atomic E-state index is 11.0. The van der Waals surface area contributed by atoms with Crippen molar-refractivity contribution in [3.8, 4) is 0 Å². The Morgan fingerprint density at radius 2 is 2.09 bits per heavy atom. The minimum atomic E-state index is -0.138. The van der Waals surface area contributed by atoms with Gasteiger partial charge in [-0.25, -0.2) is 0 Å². The molecule has 0 aromatic rings. The predicted octanol–water partition coefficient (Wildman–Crippen LogP) is 0.188. The Labute approximate surface area is 64.8 Å². The second-order valence-corrected chi connectivity index (χ2v) is 2.19. The minimum absolute atomic E-state index is 0.133. The fourth-order valence-electron chi connectivity index (χ4n) is 0.838. The number of ketones is 2. The van der Waals surface area contributed by atoms with E-state index < -0.39 is 0 Å². The number of carbonyl (C=O) groups excluding carboxylic acids is 2. The van der Waals surface area contributed by atoms with Crippen LogP contribution in [-0.4, -0.2) is 18.1 Å². The fraction of sp³-hybridized carbons (Fsp3) is 0.250. The van der Waals surface area contributed by atoms with Crippen LogP contribution in [0.15, 0.2) is 23.9 Å². The summed E-state index contributed by atoms with van der Waals surface area (Å²) in [6.45, 7) is 2.52. The van der Waals surface area contributed by atoms with Crippen LogP contribution >= 0.6 is 0 Å². The molecule has 0 atom stereocenters. The van der Waals surface area contributed by atoms with Gasteiger partial charge in [-0.3, -0.25) is 9.59 Å². The number of allylic oxidation sites excluding steroid dienone is 3. The van der Waals surface area contributed by atoms with E-state index in [0.29, 0.717) is 12.2 Å². The van der Waals surface area contributed by atoms with Crippen molar-refractivity contribution in [3.05, 3.63) is 23.9 Å². The van der Waals surface area contributed by atoms with Gasteiger partial charge < -0.3 is 5.32 Å². The van der Waals surface area contributed by atoms with Crippen LogP contribution in [0.5, 0.6) is 0 Å². The molecule has 3 nitrogen and oxygen atoms in total. The van der Waals surface area contributed by atoms with Gasteiger partial charge >= 0.3 is 0 Å². The molecule has 0 heterocycles. The van der Waals surface area contributed by atoms with E-state index in [1.807, 2.05) is 6.92 Å². The SMILES string of the molecule is CCNC1=CC(=O)C=CC1=O. The third-order valence-corrected chi connectivity index (χ3v) is 1.32. The Bertz CT molecular complexity index is 251. The summed E-state index contributed by atoms with van der Waals surface area (Å²) in [5.74, 6) is -0.271. The molecule has 0 amide bonds. The highest BCUT2D eigenvalue weighted by Crippen LogP contribution is 2.00. The number of hydrogen-bond donors (Lipinski definition) is 1. The average molecular weight is 151 g/mol. The number of likely N-dealkylation sites (N-methyl/N-ethyl adjacent to an activating group) is 1. The lowest BCUT2D eigenvalue weighted by Gasteiger charge is -2.06. The van der Waals surface area contributed by atoms with Gasteiger partial charge in [-0.1, -0.05) is 0 Å². The molecule has 0 aliphatic heterocycles. The Balaban J connectivity index is 2.76. The van der Waals surface area contributed by atoms with Gasteiger partial charge in [-0.15, -0.1) is 0 Å². The van der Waals surface area contributed by atoms with Crippen molar-refractivity contribution in [2.45, 2.75) is 6.92 Å². The highest BCUT2D eigenvalue weighted by atomic mass is 16.1. The maximum atomic E-state index is 11.0. The highest BCUT2D eigenvalue weighted by Gasteiger charge is 2.10. The van der Waals surface area contributed by atoms with Crippen LogP contribution in [0, 0.1) is 0 Å². The first-order valence-corrected chi connectivity index (χ1v) is 3.46. The van der Waals surface area contributed by atoms with E-state index in [4.69, 9.17) is 0 Å². The third-order valence-electron chi connectivity index (χ3n) is 1.32. The molecule has 11 heavy (non-hydrogen) atoms. The molecule has 0 bridgehead atoms. The van der Waals surface area contributed by atoms with Crippen molar-refractivity contribution in [2.75, 3.05) is 6.54 Å². The van der Waals surface area contributed by atoms with Crippen LogP contribution in [0.2, 0.25) is 0 Å². The monoisotopic (exact) mass is 151 g/mol. The Morgan fingerprint density at radius 1 is 1.36 bits per heavy atom. The molecular formula is C8H9NO2. The van der Waals surface area contributed by atoms with Crippen molar-refractivity contribution < 1.29 is 9.59 Å². The predicted molar refractivity (Wildman–Crippen MR) is 40.9 cm³/mol. The molecular weight excluding hydrogens is 142 g/mol. The molecule has 0 unspecified atom stereocenters. The summed E-state index contributed by atoms with van der Waals surface area (Å²) in [5.41, 5.74) is 0.389. The molecule has 0 radical (unpaired) electrons. The first-order valence-electron chi connectivity index (χ1n) is 3.46. The number of hydrogen-bond acceptors (Lipinski definition) is 3. The van der Waals surface area contributed by atoms with E-state index in [1.165, 1.54) is 18.2 Å². The van der Waals surface area contributed by atoms with Gasteiger partial charge in [0, 0.05) is 12.6 Å². The van der Waals surface area contributed by atoms with Gasteiger partial charge in [0.2, 0.25) is 5.78 Å². The zero-order valence-electron chi connectivity index (χ0n) is 6.26. The Hall–Kier alpha value is -1.38. The van der Waals surface area contributed by atoms with Crippen LogP contribution in [0.4, 0.5) is 0 Å². The lowest BCUT2D eigenvalue weighted by Crippen LogP contribution is -2.22. The molecule has 58 valence electrons. The summed E-state index contributed by atoms with van der Waals surface area (Å²) >= 11 is 0. The number of carbonyl (C=O) groups is 2. The van der Waals surface area contributed by atoms with Gasteiger partial charge in [0.05, 0.1) is 5.70 Å². The third kappa shape index (κ3) is 1.77. The molecule has 0 saturated heterocycles. The minimum Gasteiger partial charge on any atom is -0.382 e. The molecule has 0 fully saturated rings. The van der Waals surface area contributed by atoms with Gasteiger partial charge in [0.25, 0.3) is 0 Å². The molecule has 1 aliphatic rings. The quantitative estimate of drug-likeness (QED) is 0.573. The molecule has 1 N–H and O–H groups in total. The standard InChI is InChI=1S/C8H9NO2/c1-2-9-7-5-6(10)3-4-8(7)11/h3-5,9H,2H2,1H3. The largest absolute Gasteiger partial charge is 0.382 e. The van der Waals surface area contributed by atoms with E-state index in [0.717, 1.165) is 0 Å². The van der Waals surface area contributed by atoms with E-state index in [2.05, 4.69) is 5.32 Å². The second kappa shape index (κ2) is 3.14. The average Bonchev–Trinajstić information content (AvgIpc) is 1.98. The topological polar surface area (TPSA) is 46.2 Å². The zero-order valence-corrected chi connectivity index (χ0v) is 6.26. The van der Waals surface area contributed by atoms with Crippen molar-refractivity contribution in [3.63, 3.8) is 0 Å². The van der Waals surface area contributed by atoms with Crippen LogP contribution in [0.25, 0.3) is 0 Å². The molecule has 3 heteroatoms. The molecule has 0 saturated carbocycles. The van der Waals surface area contributed by atoms with Crippen LogP contribution in [0.3, 0.4) is 0 Å². The van der Waals surface area contributed by atoms with Crippen molar-refractivity contribution >= 4 is 11.6 Å². The summed E-state index contributed by atoms with van der Waals surface area (Å²) in [6.07, 6.45) is 3.86. The summed E-state index contributed by atoms with van der Waals surface area (Å²) in [7, 11) is 0. The summed E-state index contributed by atoms with van der Waals surface area (Å²) in [4.78, 5) is 21.7. The Kier molecular flexibility index (Phi) is 2.21. The highest BCUT2D eigenvalue weighted by molar-refractivity contribution is 6.16. The smallest absolute Gasteiger partial charge is 0.201 e. The maximum Gasteiger partial charge on any atom is 0.201 e. The van der Waals surface area contributed by atoms with Gasteiger partial charge in [0.15, 0.2) is 5.78 Å². The van der Waals surface area contributed by atoms with Crippen molar-refractivity contribution in [2.24, 2.45) is 0 Å². The molecule has 0 aromatic heterocycles. The van der Waals surface area contributed by atoms with Crippen molar-refractivity contribution in [1.29, 1.82) is 0 Å². The Morgan fingerprint density at radius 3 is 2.73 bits per heavy atom. The first kappa shape index (κ1) is 7.72. The van der Waals surface area contributed by atoms with Gasteiger partial charge in [0.1, 0.15) is 0 Å². The van der Waals surface area contributed by atoms with E-state index in [-0.39, 0.29) is 11.6 Å². The fourth-order valence-corrected chi connectivity index (χ4v) is 0.838. The number of rotatable bonds is 2. The molecule has 1 rings (SSSR count). The van der Waals surface area contributed by atoms with Crippen LogP contribution in [-0.2, 0) is 9.59 Å². The number of nitrogens with one attached hydrogen (secondary N) is 1. The normalized spacial score (nSPS) is 16.6. The lowest BCUT2D eigenvalue weighted by atomic mass is 10.1. The molecule has 1 aliphatic carbocycles. The van der Waals surface area contributed by atoms with Crippen LogP contribution < -0.4 is 5.32 Å². The molecule has 0 aromatic carbocycles. The lowest BCUT2D eigenvalue weighted by molar-refractivity contribution is -0.114. The van der Waals surface area contributed by atoms with E-state index in [9.17, 15) is 9.59 Å². The summed E-state index contributed by atoms with van der Waals surface area (Å²) in [6, 6.07) is 0. The zero-order chi connectivity index (χ0) is 8.27. The molecule has 0 spiro atoms.